The fourth-order valence-electron chi connectivity index (χ4n) is 4.37. The first-order valence-electron chi connectivity index (χ1n) is 10.1. The summed E-state index contributed by atoms with van der Waals surface area (Å²) in [7, 11) is 0. The van der Waals surface area contributed by atoms with E-state index in [1.165, 1.54) is 34.7 Å². The van der Waals surface area contributed by atoms with Crippen LogP contribution in [0.15, 0.2) is 53.5 Å². The number of aromatic amines is 2. The van der Waals surface area contributed by atoms with Crippen molar-refractivity contribution in [1.29, 1.82) is 0 Å². The van der Waals surface area contributed by atoms with E-state index < -0.39 is 0 Å². The van der Waals surface area contributed by atoms with Crippen LogP contribution in [0.2, 0.25) is 0 Å². The number of H-pyrrole nitrogens is 2. The van der Waals surface area contributed by atoms with Gasteiger partial charge in [0.1, 0.15) is 11.6 Å². The number of fused-ring (bicyclic) bond motifs is 2. The van der Waals surface area contributed by atoms with Crippen LogP contribution >= 0.6 is 12.4 Å². The van der Waals surface area contributed by atoms with E-state index in [1.807, 2.05) is 6.07 Å². The molecule has 1 fully saturated rings. The van der Waals surface area contributed by atoms with Gasteiger partial charge >= 0.3 is 0 Å². The molecule has 5 nitrogen and oxygen atoms in total. The fraction of sp³-hybridized carbons (Fsp3) is 0.304. The van der Waals surface area contributed by atoms with Crippen molar-refractivity contribution < 1.29 is 4.39 Å². The monoisotopic (exact) mass is 426 g/mol. The van der Waals surface area contributed by atoms with Gasteiger partial charge in [0.05, 0.1) is 10.9 Å². The Morgan fingerprint density at radius 3 is 2.73 bits per heavy atom. The summed E-state index contributed by atoms with van der Waals surface area (Å²) >= 11 is 0. The van der Waals surface area contributed by atoms with E-state index in [0.29, 0.717) is 16.7 Å². The molecule has 1 aliphatic heterocycles. The maximum absolute atomic E-state index is 13.5. The molecule has 0 spiro atoms. The molecular weight excluding hydrogens is 403 g/mol. The van der Waals surface area contributed by atoms with Crippen LogP contribution in [-0.2, 0) is 6.42 Å². The summed E-state index contributed by atoms with van der Waals surface area (Å²) in [5.74, 6) is 0.526. The number of hydrogen-bond donors (Lipinski definition) is 2. The smallest absolute Gasteiger partial charge is 0.258 e. The highest BCUT2D eigenvalue weighted by atomic mass is 35.5. The second-order valence-corrected chi connectivity index (χ2v) is 7.84. The Labute approximate surface area is 179 Å². The lowest BCUT2D eigenvalue weighted by molar-refractivity contribution is 0.211. The van der Waals surface area contributed by atoms with E-state index in [4.69, 9.17) is 0 Å². The van der Waals surface area contributed by atoms with Crippen molar-refractivity contribution in [3.8, 4) is 0 Å². The van der Waals surface area contributed by atoms with Gasteiger partial charge in [-0.1, -0.05) is 18.2 Å². The number of likely N-dealkylation sites (tertiary alicyclic amines) is 1. The minimum absolute atomic E-state index is 0. The normalized spacial score (nSPS) is 15.5. The minimum Gasteiger partial charge on any atom is -0.361 e. The zero-order valence-electron chi connectivity index (χ0n) is 16.5. The van der Waals surface area contributed by atoms with Gasteiger partial charge in [-0.15, -0.1) is 12.4 Å². The number of benzene rings is 2. The highest BCUT2D eigenvalue weighted by molar-refractivity contribution is 5.85. The van der Waals surface area contributed by atoms with Gasteiger partial charge in [-0.25, -0.2) is 9.37 Å². The average Bonchev–Trinajstić information content (AvgIpc) is 3.15. The molecule has 2 aromatic heterocycles. The van der Waals surface area contributed by atoms with Crippen molar-refractivity contribution in [3.63, 3.8) is 0 Å². The number of rotatable bonds is 4. The van der Waals surface area contributed by atoms with Gasteiger partial charge in [0.2, 0.25) is 0 Å². The zero-order chi connectivity index (χ0) is 19.8. The Balaban J connectivity index is 0.00000218. The van der Waals surface area contributed by atoms with E-state index in [1.54, 1.807) is 0 Å². The summed E-state index contributed by atoms with van der Waals surface area (Å²) in [4.78, 5) is 25.6. The zero-order valence-corrected chi connectivity index (χ0v) is 17.3. The molecule has 5 rings (SSSR count). The summed E-state index contributed by atoms with van der Waals surface area (Å²) in [6.07, 6.45) is 5.01. The Kier molecular flexibility index (Phi) is 5.88. The van der Waals surface area contributed by atoms with E-state index in [9.17, 15) is 9.18 Å². The molecule has 0 aliphatic carbocycles. The van der Waals surface area contributed by atoms with Crippen LogP contribution in [0.4, 0.5) is 4.39 Å². The summed E-state index contributed by atoms with van der Waals surface area (Å²) in [6, 6.07) is 12.5. The molecule has 7 heteroatoms. The molecule has 4 aromatic rings. The van der Waals surface area contributed by atoms with Crippen molar-refractivity contribution in [1.82, 2.24) is 19.9 Å². The summed E-state index contributed by atoms with van der Waals surface area (Å²) in [5, 5.41) is 1.74. The van der Waals surface area contributed by atoms with Gasteiger partial charge in [-0.05, 0) is 56.1 Å². The standard InChI is InChI=1S/C23H23FN4O.ClH/c24-17-5-6-19-21(13-17)26-22(27-23(19)29)15-7-10-28(11-8-15)12-9-16-14-25-20-4-2-1-3-18(16)20;/h1-6,13-15,25H,7-12H2,(H,26,27,29);1H. The SMILES string of the molecule is Cl.O=c1[nH]c(C2CCN(CCc3c[nH]c4ccccc34)CC2)nc2cc(F)ccc12. The van der Waals surface area contributed by atoms with Gasteiger partial charge in [0.25, 0.3) is 5.56 Å². The number of nitrogens with zero attached hydrogens (tertiary/aromatic N) is 2. The molecule has 0 bridgehead atoms. The molecule has 1 saturated heterocycles. The predicted octanol–water partition coefficient (Wildman–Crippen LogP) is 4.39. The lowest BCUT2D eigenvalue weighted by atomic mass is 9.95. The number of para-hydroxylation sites is 1. The molecule has 0 unspecified atom stereocenters. The third kappa shape index (κ3) is 3.98. The second-order valence-electron chi connectivity index (χ2n) is 7.84. The first-order valence-corrected chi connectivity index (χ1v) is 10.1. The van der Waals surface area contributed by atoms with Crippen LogP contribution in [-0.4, -0.2) is 39.5 Å². The second kappa shape index (κ2) is 8.58. The van der Waals surface area contributed by atoms with Crippen molar-refractivity contribution in [2.75, 3.05) is 19.6 Å². The highest BCUT2D eigenvalue weighted by Crippen LogP contribution is 2.26. The number of nitrogens with one attached hydrogen (secondary N) is 2. The summed E-state index contributed by atoms with van der Waals surface area (Å²) < 4.78 is 13.5. The van der Waals surface area contributed by atoms with Gasteiger partial charge < -0.3 is 14.9 Å². The van der Waals surface area contributed by atoms with Crippen LogP contribution < -0.4 is 5.56 Å². The number of piperidine rings is 1. The molecule has 156 valence electrons. The summed E-state index contributed by atoms with van der Waals surface area (Å²) in [6.45, 7) is 2.96. The Hall–Kier alpha value is -2.70. The molecule has 0 amide bonds. The van der Waals surface area contributed by atoms with Gasteiger partial charge in [0, 0.05) is 35.6 Å². The first-order chi connectivity index (χ1) is 14.2. The van der Waals surface area contributed by atoms with Crippen molar-refractivity contribution in [3.05, 3.63) is 76.2 Å². The third-order valence-electron chi connectivity index (χ3n) is 6.03. The van der Waals surface area contributed by atoms with Crippen molar-refractivity contribution in [2.24, 2.45) is 0 Å². The highest BCUT2D eigenvalue weighted by Gasteiger charge is 2.23. The van der Waals surface area contributed by atoms with E-state index >= 15 is 0 Å². The molecule has 30 heavy (non-hydrogen) atoms. The van der Waals surface area contributed by atoms with Gasteiger partial charge in [-0.3, -0.25) is 4.79 Å². The maximum atomic E-state index is 13.5. The molecular formula is C23H24ClFN4O. The minimum atomic E-state index is -0.367. The van der Waals surface area contributed by atoms with Crippen LogP contribution in [0.1, 0.15) is 30.1 Å². The quantitative estimate of drug-likeness (QED) is 0.508. The van der Waals surface area contributed by atoms with Gasteiger partial charge in [-0.2, -0.15) is 0 Å². The summed E-state index contributed by atoms with van der Waals surface area (Å²) in [5.41, 5.74) is 2.78. The number of aromatic nitrogens is 3. The first kappa shape index (κ1) is 20.6. The van der Waals surface area contributed by atoms with E-state index in [2.05, 4.69) is 44.2 Å². The molecule has 3 heterocycles. The van der Waals surface area contributed by atoms with Crippen LogP contribution in [0.3, 0.4) is 0 Å². The molecule has 1 aliphatic rings. The lowest BCUT2D eigenvalue weighted by Crippen LogP contribution is -2.35. The average molecular weight is 427 g/mol. The fourth-order valence-corrected chi connectivity index (χ4v) is 4.37. The van der Waals surface area contributed by atoms with E-state index in [0.717, 1.165) is 38.9 Å². The molecule has 2 aromatic carbocycles. The number of hydrogen-bond acceptors (Lipinski definition) is 3. The van der Waals surface area contributed by atoms with Crippen LogP contribution in [0, 0.1) is 5.82 Å². The predicted molar refractivity (Wildman–Crippen MR) is 120 cm³/mol. The third-order valence-corrected chi connectivity index (χ3v) is 6.03. The van der Waals surface area contributed by atoms with Crippen molar-refractivity contribution >= 4 is 34.2 Å². The largest absolute Gasteiger partial charge is 0.361 e. The van der Waals surface area contributed by atoms with Gasteiger partial charge in [0.15, 0.2) is 0 Å². The molecule has 0 saturated carbocycles. The molecule has 0 atom stereocenters. The van der Waals surface area contributed by atoms with Crippen LogP contribution in [0.5, 0.6) is 0 Å². The number of halogens is 2. The maximum Gasteiger partial charge on any atom is 0.258 e. The lowest BCUT2D eigenvalue weighted by Gasteiger charge is -2.31. The Morgan fingerprint density at radius 2 is 1.90 bits per heavy atom. The Morgan fingerprint density at radius 1 is 1.10 bits per heavy atom. The van der Waals surface area contributed by atoms with Crippen LogP contribution in [0.25, 0.3) is 21.8 Å². The van der Waals surface area contributed by atoms with E-state index in [-0.39, 0.29) is 29.7 Å². The van der Waals surface area contributed by atoms with Crippen molar-refractivity contribution in [2.45, 2.75) is 25.2 Å². The molecule has 0 radical (unpaired) electrons. The Bertz CT molecular complexity index is 1230. The topological polar surface area (TPSA) is 64.8 Å². The molecule has 2 N–H and O–H groups in total.